The predicted molar refractivity (Wildman–Crippen MR) is 161 cm³/mol. The minimum Gasteiger partial charge on any atom is -0.353 e. The Bertz CT molecular complexity index is 1730. The van der Waals surface area contributed by atoms with Crippen molar-refractivity contribution in [2.75, 3.05) is 13.1 Å². The van der Waals surface area contributed by atoms with E-state index in [0.717, 1.165) is 63.5 Å². The molecule has 4 heterocycles. The molecule has 6 rings (SSSR count). The number of aromatic nitrogens is 5. The molecule has 1 aliphatic rings. The maximum atomic E-state index is 14.6. The van der Waals surface area contributed by atoms with Crippen molar-refractivity contribution in [3.05, 3.63) is 96.6 Å². The van der Waals surface area contributed by atoms with Gasteiger partial charge in [-0.3, -0.25) is 10.1 Å². The molecule has 202 valence electrons. The molecule has 0 amide bonds. The molecule has 7 heteroatoms. The van der Waals surface area contributed by atoms with Crippen molar-refractivity contribution in [1.82, 2.24) is 30.5 Å². The number of pyridine rings is 2. The van der Waals surface area contributed by atoms with Crippen molar-refractivity contribution >= 4 is 27.5 Å². The largest absolute Gasteiger partial charge is 0.353 e. The van der Waals surface area contributed by atoms with E-state index in [4.69, 9.17) is 4.98 Å². The first-order chi connectivity index (χ1) is 19.6. The Labute approximate surface area is 233 Å². The Morgan fingerprint density at radius 1 is 1.10 bits per heavy atom. The Kier molecular flexibility index (Phi) is 7.38. The van der Waals surface area contributed by atoms with Crippen molar-refractivity contribution in [2.45, 2.75) is 32.6 Å². The normalized spacial score (nSPS) is 14.9. The van der Waals surface area contributed by atoms with Gasteiger partial charge in [0.15, 0.2) is 0 Å². The van der Waals surface area contributed by atoms with E-state index >= 15 is 0 Å². The molecule has 40 heavy (non-hydrogen) atoms. The molecule has 0 atom stereocenters. The summed E-state index contributed by atoms with van der Waals surface area (Å²) >= 11 is 0. The van der Waals surface area contributed by atoms with Crippen LogP contribution in [0.4, 0.5) is 4.39 Å². The number of H-pyrrole nitrogens is 2. The van der Waals surface area contributed by atoms with Crippen LogP contribution in [0.3, 0.4) is 0 Å². The molecule has 0 radical (unpaired) electrons. The molecule has 5 aromatic rings. The summed E-state index contributed by atoms with van der Waals surface area (Å²) in [5.74, 6) is 0.486. The second kappa shape index (κ2) is 11.4. The highest BCUT2D eigenvalue weighted by molar-refractivity contribution is 5.99. The second-order valence-corrected chi connectivity index (χ2v) is 10.4. The minimum absolute atomic E-state index is 0.304. The van der Waals surface area contributed by atoms with Gasteiger partial charge in [0.25, 0.3) is 0 Å². The summed E-state index contributed by atoms with van der Waals surface area (Å²) in [6, 6.07) is 14.6. The van der Waals surface area contributed by atoms with E-state index in [1.807, 2.05) is 43.3 Å². The maximum absolute atomic E-state index is 14.6. The average molecular weight is 533 g/mol. The number of benzene rings is 1. The number of rotatable bonds is 9. The molecule has 1 saturated carbocycles. The van der Waals surface area contributed by atoms with Crippen LogP contribution < -0.4 is 5.32 Å². The number of hydrogen-bond donors (Lipinski definition) is 3. The molecule has 1 aliphatic carbocycles. The molecular formula is C33H33FN6. The zero-order valence-electron chi connectivity index (χ0n) is 22.7. The minimum atomic E-state index is -0.304. The van der Waals surface area contributed by atoms with Gasteiger partial charge in [-0.2, -0.15) is 5.10 Å². The summed E-state index contributed by atoms with van der Waals surface area (Å²) < 4.78 is 14.6. The maximum Gasteiger partial charge on any atom is 0.135 e. The molecule has 0 unspecified atom stereocenters. The van der Waals surface area contributed by atoms with Gasteiger partial charge in [-0.05, 0) is 85.8 Å². The fraction of sp³-hybridized carbons (Fsp3) is 0.242. The van der Waals surface area contributed by atoms with Gasteiger partial charge in [-0.15, -0.1) is 0 Å². The van der Waals surface area contributed by atoms with Gasteiger partial charge in [0.2, 0.25) is 0 Å². The summed E-state index contributed by atoms with van der Waals surface area (Å²) in [6.45, 7) is 7.90. The lowest BCUT2D eigenvalue weighted by molar-refractivity contribution is 0.503. The van der Waals surface area contributed by atoms with Crippen LogP contribution in [0.5, 0.6) is 0 Å². The molecule has 0 spiro atoms. The van der Waals surface area contributed by atoms with E-state index in [-0.39, 0.29) is 5.82 Å². The number of halogens is 1. The topological polar surface area (TPSA) is 82.3 Å². The lowest BCUT2D eigenvalue weighted by Gasteiger charge is -2.11. The van der Waals surface area contributed by atoms with E-state index in [1.54, 1.807) is 18.3 Å². The van der Waals surface area contributed by atoms with Gasteiger partial charge in [-0.1, -0.05) is 43.7 Å². The zero-order valence-corrected chi connectivity index (χ0v) is 22.7. The fourth-order valence-electron chi connectivity index (χ4n) is 5.62. The van der Waals surface area contributed by atoms with Crippen LogP contribution in [-0.2, 0) is 0 Å². The van der Waals surface area contributed by atoms with Crippen LogP contribution in [0, 0.1) is 11.7 Å². The van der Waals surface area contributed by atoms with E-state index in [1.165, 1.54) is 31.7 Å². The third-order valence-electron chi connectivity index (χ3n) is 7.79. The predicted octanol–water partition coefficient (Wildman–Crippen LogP) is 7.60. The third kappa shape index (κ3) is 5.12. The van der Waals surface area contributed by atoms with E-state index < -0.39 is 0 Å². The highest BCUT2D eigenvalue weighted by Crippen LogP contribution is 2.33. The van der Waals surface area contributed by atoms with Crippen molar-refractivity contribution < 1.29 is 4.39 Å². The van der Waals surface area contributed by atoms with Crippen molar-refractivity contribution in [3.8, 4) is 22.6 Å². The summed E-state index contributed by atoms with van der Waals surface area (Å²) in [7, 11) is 0. The van der Waals surface area contributed by atoms with Gasteiger partial charge in [0, 0.05) is 29.2 Å². The van der Waals surface area contributed by atoms with E-state index in [9.17, 15) is 4.39 Å². The van der Waals surface area contributed by atoms with Gasteiger partial charge in [0.1, 0.15) is 17.0 Å². The Morgan fingerprint density at radius 2 is 1.95 bits per heavy atom. The first-order valence-electron chi connectivity index (χ1n) is 13.9. The van der Waals surface area contributed by atoms with Crippen LogP contribution in [0.15, 0.2) is 85.1 Å². The molecule has 0 saturated heterocycles. The van der Waals surface area contributed by atoms with Crippen molar-refractivity contribution in [2.24, 2.45) is 5.92 Å². The first kappa shape index (κ1) is 25.9. The molecule has 0 bridgehead atoms. The van der Waals surface area contributed by atoms with Crippen LogP contribution in [-0.4, -0.2) is 38.2 Å². The molecule has 4 aromatic heterocycles. The first-order valence-corrected chi connectivity index (χ1v) is 13.9. The summed E-state index contributed by atoms with van der Waals surface area (Å²) in [6.07, 6.45) is 13.2. The molecule has 6 nitrogen and oxygen atoms in total. The van der Waals surface area contributed by atoms with Crippen LogP contribution in [0.2, 0.25) is 0 Å². The summed E-state index contributed by atoms with van der Waals surface area (Å²) in [4.78, 5) is 12.9. The van der Waals surface area contributed by atoms with E-state index in [2.05, 4.69) is 44.2 Å². The molecule has 1 aromatic carbocycles. The van der Waals surface area contributed by atoms with Gasteiger partial charge >= 0.3 is 0 Å². The highest BCUT2D eigenvalue weighted by Gasteiger charge is 2.18. The number of nitrogens with zero attached hydrogens (tertiary/aromatic N) is 3. The highest BCUT2D eigenvalue weighted by atomic mass is 19.1. The lowest BCUT2D eigenvalue weighted by Crippen LogP contribution is -2.23. The smallest absolute Gasteiger partial charge is 0.135 e. The Morgan fingerprint density at radius 3 is 2.75 bits per heavy atom. The third-order valence-corrected chi connectivity index (χ3v) is 7.79. The number of nitrogens with one attached hydrogen (secondary N) is 3. The standard InChI is InChI=1S/C33H33FN6/c1-3-21(19-35-20-22-9-5-6-10-22)17-23(4-2)27-13-14-29-32(38-27)33(40-39-29)30-18-25-28(37-30)15-16-36-31(25)24-11-7-8-12-26(24)34/h3-4,7-8,11-18,22,35,37H,1,5-6,9-10,19-20H2,2H3,(H,39,40)/b21-17+,23-4+. The molecule has 1 fully saturated rings. The van der Waals surface area contributed by atoms with Crippen LogP contribution in [0.25, 0.3) is 50.2 Å². The summed E-state index contributed by atoms with van der Waals surface area (Å²) in [5, 5.41) is 12.1. The number of aromatic amines is 2. The zero-order chi connectivity index (χ0) is 27.5. The molecule has 0 aliphatic heterocycles. The Hall–Kier alpha value is -4.36. The molecular weight excluding hydrogens is 499 g/mol. The quantitative estimate of drug-likeness (QED) is 0.171. The lowest BCUT2D eigenvalue weighted by atomic mass is 10.1. The van der Waals surface area contributed by atoms with Gasteiger partial charge in [-0.25, -0.2) is 9.37 Å². The summed E-state index contributed by atoms with van der Waals surface area (Å²) in [5.41, 5.74) is 8.01. The van der Waals surface area contributed by atoms with Crippen LogP contribution in [0.1, 0.15) is 38.3 Å². The average Bonchev–Trinajstić information content (AvgIpc) is 3.74. The SMILES string of the molecule is C=C/C(=C\C(=C/C)c1ccc2[nH]nc(-c3cc4c(-c5ccccc5F)nccc4[nH]3)c2n1)CNCC1CCCC1. The second-order valence-electron chi connectivity index (χ2n) is 10.4. The number of hydrogen-bond acceptors (Lipinski definition) is 4. The van der Waals surface area contributed by atoms with Gasteiger partial charge in [0.05, 0.1) is 22.6 Å². The molecule has 3 N–H and O–H groups in total. The number of allylic oxidation sites excluding steroid dienone is 3. The van der Waals surface area contributed by atoms with E-state index in [0.29, 0.717) is 17.0 Å². The number of fused-ring (bicyclic) bond motifs is 2. The van der Waals surface area contributed by atoms with Crippen LogP contribution >= 0.6 is 0 Å². The monoisotopic (exact) mass is 532 g/mol. The fourth-order valence-corrected chi connectivity index (χ4v) is 5.62. The Balaban J connectivity index is 1.32. The van der Waals surface area contributed by atoms with Crippen molar-refractivity contribution in [3.63, 3.8) is 0 Å². The van der Waals surface area contributed by atoms with Crippen molar-refractivity contribution in [1.29, 1.82) is 0 Å². The van der Waals surface area contributed by atoms with Gasteiger partial charge < -0.3 is 10.3 Å².